The molecule has 0 unspecified atom stereocenters. The van der Waals surface area contributed by atoms with Crippen molar-refractivity contribution in [2.75, 3.05) is 27.2 Å². The van der Waals surface area contributed by atoms with Crippen LogP contribution in [0.3, 0.4) is 0 Å². The quantitative estimate of drug-likeness (QED) is 0.855. The van der Waals surface area contributed by atoms with Gasteiger partial charge in [0, 0.05) is 45.1 Å². The third-order valence-corrected chi connectivity index (χ3v) is 4.99. The van der Waals surface area contributed by atoms with Crippen molar-refractivity contribution in [2.24, 2.45) is 11.7 Å². The van der Waals surface area contributed by atoms with Gasteiger partial charge in [0.15, 0.2) is 0 Å². The highest BCUT2D eigenvalue weighted by Crippen LogP contribution is 2.30. The summed E-state index contributed by atoms with van der Waals surface area (Å²) in [7, 11) is 3.59. The monoisotopic (exact) mass is 295 g/mol. The van der Waals surface area contributed by atoms with Crippen LogP contribution >= 0.6 is 0 Å². The van der Waals surface area contributed by atoms with Crippen LogP contribution in [-0.2, 0) is 9.59 Å². The Labute approximate surface area is 127 Å². The predicted molar refractivity (Wildman–Crippen MR) is 82.6 cm³/mol. The van der Waals surface area contributed by atoms with Crippen molar-refractivity contribution in [3.63, 3.8) is 0 Å². The van der Waals surface area contributed by atoms with Gasteiger partial charge in [-0.05, 0) is 25.7 Å². The van der Waals surface area contributed by atoms with E-state index in [9.17, 15) is 9.59 Å². The van der Waals surface area contributed by atoms with Gasteiger partial charge < -0.3 is 15.5 Å². The van der Waals surface area contributed by atoms with Crippen molar-refractivity contribution in [3.05, 3.63) is 0 Å². The van der Waals surface area contributed by atoms with Gasteiger partial charge in [-0.2, -0.15) is 0 Å². The minimum absolute atomic E-state index is 0.0746. The number of amides is 2. The van der Waals surface area contributed by atoms with Crippen molar-refractivity contribution < 1.29 is 9.59 Å². The van der Waals surface area contributed by atoms with Gasteiger partial charge in [-0.3, -0.25) is 9.59 Å². The molecule has 2 amide bonds. The average molecular weight is 295 g/mol. The third-order valence-electron chi connectivity index (χ3n) is 4.99. The zero-order chi connectivity index (χ0) is 15.5. The van der Waals surface area contributed by atoms with E-state index in [4.69, 9.17) is 5.73 Å². The molecule has 2 rings (SSSR count). The van der Waals surface area contributed by atoms with Gasteiger partial charge in [-0.25, -0.2) is 0 Å². The Balaban J connectivity index is 1.81. The second kappa shape index (κ2) is 6.77. The number of carbonyl (C=O) groups is 2. The first kappa shape index (κ1) is 16.3. The molecule has 0 bridgehead atoms. The molecule has 1 saturated carbocycles. The van der Waals surface area contributed by atoms with Crippen molar-refractivity contribution in [1.29, 1.82) is 0 Å². The van der Waals surface area contributed by atoms with Crippen molar-refractivity contribution in [3.8, 4) is 0 Å². The average Bonchev–Trinajstić information content (AvgIpc) is 2.46. The molecule has 120 valence electrons. The summed E-state index contributed by atoms with van der Waals surface area (Å²) in [6.07, 6.45) is 7.49. The van der Waals surface area contributed by atoms with E-state index in [1.54, 1.807) is 19.0 Å². The molecular formula is C16H29N3O2. The second-order valence-corrected chi connectivity index (χ2v) is 6.99. The lowest BCUT2D eigenvalue weighted by atomic mass is 9.79. The number of hydrogen-bond acceptors (Lipinski definition) is 3. The molecule has 1 saturated heterocycles. The molecule has 2 fully saturated rings. The smallest absolute Gasteiger partial charge is 0.225 e. The van der Waals surface area contributed by atoms with Crippen LogP contribution < -0.4 is 5.73 Å². The SMILES string of the molecule is CN(C)C(=O)C1CCN(C(=O)CC2(N)CCCCC2)CC1. The molecule has 1 aliphatic carbocycles. The van der Waals surface area contributed by atoms with Gasteiger partial charge in [0.05, 0.1) is 0 Å². The number of nitrogens with two attached hydrogens (primary N) is 1. The van der Waals surface area contributed by atoms with E-state index in [1.165, 1.54) is 6.42 Å². The van der Waals surface area contributed by atoms with Crippen LogP contribution in [0.2, 0.25) is 0 Å². The molecule has 5 nitrogen and oxygen atoms in total. The maximum atomic E-state index is 12.4. The lowest BCUT2D eigenvalue weighted by Crippen LogP contribution is -2.49. The second-order valence-electron chi connectivity index (χ2n) is 6.99. The largest absolute Gasteiger partial charge is 0.349 e. The van der Waals surface area contributed by atoms with E-state index in [-0.39, 0.29) is 23.3 Å². The molecule has 0 aromatic rings. The molecule has 0 aromatic carbocycles. The van der Waals surface area contributed by atoms with Crippen molar-refractivity contribution in [2.45, 2.75) is 56.9 Å². The number of carbonyl (C=O) groups excluding carboxylic acids is 2. The molecule has 2 aliphatic rings. The van der Waals surface area contributed by atoms with E-state index in [2.05, 4.69) is 0 Å². The van der Waals surface area contributed by atoms with Gasteiger partial charge in [-0.15, -0.1) is 0 Å². The van der Waals surface area contributed by atoms with Gasteiger partial charge in [0.2, 0.25) is 11.8 Å². The Kier molecular flexibility index (Phi) is 5.25. The number of likely N-dealkylation sites (tertiary alicyclic amines) is 1. The normalized spacial score (nSPS) is 22.9. The standard InChI is InChI=1S/C16H29N3O2/c1-18(2)15(21)13-6-10-19(11-7-13)14(20)12-16(17)8-4-3-5-9-16/h13H,3-12,17H2,1-2H3. The third kappa shape index (κ3) is 4.19. The molecule has 0 spiro atoms. The van der Waals surface area contributed by atoms with E-state index < -0.39 is 0 Å². The zero-order valence-electron chi connectivity index (χ0n) is 13.4. The van der Waals surface area contributed by atoms with Crippen LogP contribution in [0.4, 0.5) is 0 Å². The number of hydrogen-bond donors (Lipinski definition) is 1. The fourth-order valence-electron chi connectivity index (χ4n) is 3.59. The predicted octanol–water partition coefficient (Wildman–Crippen LogP) is 1.36. The summed E-state index contributed by atoms with van der Waals surface area (Å²) in [5, 5.41) is 0. The van der Waals surface area contributed by atoms with Gasteiger partial charge in [0.1, 0.15) is 0 Å². The van der Waals surface area contributed by atoms with E-state index in [1.807, 2.05) is 4.90 Å². The highest BCUT2D eigenvalue weighted by Gasteiger charge is 2.34. The lowest BCUT2D eigenvalue weighted by Gasteiger charge is -2.37. The summed E-state index contributed by atoms with van der Waals surface area (Å²) in [6.45, 7) is 1.39. The Morgan fingerprint density at radius 2 is 1.71 bits per heavy atom. The zero-order valence-corrected chi connectivity index (χ0v) is 13.4. The Morgan fingerprint density at radius 3 is 2.24 bits per heavy atom. The Hall–Kier alpha value is -1.10. The lowest BCUT2D eigenvalue weighted by molar-refractivity contribution is -0.139. The molecule has 1 aliphatic heterocycles. The highest BCUT2D eigenvalue weighted by molar-refractivity contribution is 5.80. The van der Waals surface area contributed by atoms with Gasteiger partial charge in [0.25, 0.3) is 0 Å². The number of rotatable bonds is 3. The van der Waals surface area contributed by atoms with E-state index in [0.717, 1.165) is 38.5 Å². The minimum Gasteiger partial charge on any atom is -0.349 e. The summed E-state index contributed by atoms with van der Waals surface area (Å²) in [5.41, 5.74) is 6.09. The number of piperidine rings is 1. The molecular weight excluding hydrogens is 266 g/mol. The van der Waals surface area contributed by atoms with Crippen LogP contribution in [0.5, 0.6) is 0 Å². The molecule has 1 heterocycles. The Bertz CT molecular complexity index is 381. The first-order valence-electron chi connectivity index (χ1n) is 8.19. The Morgan fingerprint density at radius 1 is 1.14 bits per heavy atom. The fraction of sp³-hybridized carbons (Fsp3) is 0.875. The van der Waals surface area contributed by atoms with Crippen molar-refractivity contribution in [1.82, 2.24) is 9.80 Å². The summed E-state index contributed by atoms with van der Waals surface area (Å²) in [4.78, 5) is 27.9. The summed E-state index contributed by atoms with van der Waals surface area (Å²) >= 11 is 0. The fourth-order valence-corrected chi connectivity index (χ4v) is 3.59. The summed E-state index contributed by atoms with van der Waals surface area (Å²) in [6, 6.07) is 0. The maximum absolute atomic E-state index is 12.4. The molecule has 0 aromatic heterocycles. The topological polar surface area (TPSA) is 66.6 Å². The van der Waals surface area contributed by atoms with Crippen LogP contribution in [0, 0.1) is 5.92 Å². The van der Waals surface area contributed by atoms with Crippen LogP contribution in [0.15, 0.2) is 0 Å². The minimum atomic E-state index is -0.286. The molecule has 0 radical (unpaired) electrons. The summed E-state index contributed by atoms with van der Waals surface area (Å²) < 4.78 is 0. The first-order chi connectivity index (χ1) is 9.91. The highest BCUT2D eigenvalue weighted by atomic mass is 16.2. The molecule has 5 heteroatoms. The van der Waals surface area contributed by atoms with Crippen LogP contribution in [0.25, 0.3) is 0 Å². The van der Waals surface area contributed by atoms with Gasteiger partial charge >= 0.3 is 0 Å². The molecule has 0 atom stereocenters. The van der Waals surface area contributed by atoms with Crippen LogP contribution in [0.1, 0.15) is 51.4 Å². The maximum Gasteiger partial charge on any atom is 0.225 e. The van der Waals surface area contributed by atoms with E-state index >= 15 is 0 Å². The van der Waals surface area contributed by atoms with Crippen molar-refractivity contribution >= 4 is 11.8 Å². The molecule has 2 N–H and O–H groups in total. The molecule has 21 heavy (non-hydrogen) atoms. The first-order valence-corrected chi connectivity index (χ1v) is 8.19. The number of nitrogens with zero attached hydrogens (tertiary/aromatic N) is 2. The van der Waals surface area contributed by atoms with E-state index in [0.29, 0.717) is 19.5 Å². The summed E-state index contributed by atoms with van der Waals surface area (Å²) in [5.74, 6) is 0.436. The van der Waals surface area contributed by atoms with Gasteiger partial charge in [-0.1, -0.05) is 19.3 Å². The van der Waals surface area contributed by atoms with Crippen LogP contribution in [-0.4, -0.2) is 54.3 Å².